The standard InChI is InChI=1S/C12H12FN3O4/c1-6-2-8(16(19)20)4-9(11(6)13)12(18)15-7-3-10(17)14-5-7/h2,4,7H,3,5H2,1H3,(H,14,17)(H,15,18). The molecule has 1 aliphatic heterocycles. The van der Waals surface area contributed by atoms with Crippen LogP contribution in [0.25, 0.3) is 0 Å². The van der Waals surface area contributed by atoms with Crippen molar-refractivity contribution in [2.24, 2.45) is 0 Å². The minimum atomic E-state index is -0.801. The third-order valence-electron chi connectivity index (χ3n) is 3.01. The van der Waals surface area contributed by atoms with E-state index in [1.54, 1.807) is 0 Å². The Labute approximate surface area is 113 Å². The Bertz CT molecular complexity index is 603. The van der Waals surface area contributed by atoms with Crippen molar-refractivity contribution in [1.82, 2.24) is 10.6 Å². The summed E-state index contributed by atoms with van der Waals surface area (Å²) in [5.74, 6) is -1.77. The third-order valence-corrected chi connectivity index (χ3v) is 3.01. The normalized spacial score (nSPS) is 17.7. The van der Waals surface area contributed by atoms with E-state index < -0.39 is 28.3 Å². The second kappa shape index (κ2) is 5.24. The van der Waals surface area contributed by atoms with Gasteiger partial charge < -0.3 is 10.6 Å². The molecule has 20 heavy (non-hydrogen) atoms. The van der Waals surface area contributed by atoms with Crippen molar-refractivity contribution in [1.29, 1.82) is 0 Å². The zero-order valence-corrected chi connectivity index (χ0v) is 10.6. The van der Waals surface area contributed by atoms with Crippen molar-refractivity contribution in [3.8, 4) is 0 Å². The summed E-state index contributed by atoms with van der Waals surface area (Å²) in [5, 5.41) is 15.7. The SMILES string of the molecule is Cc1cc([N+](=O)[O-])cc(C(=O)NC2CNC(=O)C2)c1F. The van der Waals surface area contributed by atoms with E-state index in [4.69, 9.17) is 0 Å². The molecule has 1 heterocycles. The van der Waals surface area contributed by atoms with Gasteiger partial charge in [0.15, 0.2) is 0 Å². The second-order valence-electron chi connectivity index (χ2n) is 4.56. The molecule has 0 aromatic heterocycles. The highest BCUT2D eigenvalue weighted by molar-refractivity contribution is 5.96. The van der Waals surface area contributed by atoms with Gasteiger partial charge in [0.1, 0.15) is 5.82 Å². The Balaban J connectivity index is 2.24. The Morgan fingerprint density at radius 3 is 2.80 bits per heavy atom. The van der Waals surface area contributed by atoms with Crippen LogP contribution < -0.4 is 10.6 Å². The summed E-state index contributed by atoms with van der Waals surface area (Å²) in [6, 6.07) is 1.52. The topological polar surface area (TPSA) is 101 Å². The summed E-state index contributed by atoms with van der Waals surface area (Å²) in [7, 11) is 0. The van der Waals surface area contributed by atoms with Crippen LogP contribution in [0.1, 0.15) is 22.3 Å². The number of carbonyl (C=O) groups is 2. The highest BCUT2D eigenvalue weighted by Crippen LogP contribution is 2.21. The highest BCUT2D eigenvalue weighted by atomic mass is 19.1. The molecule has 1 fully saturated rings. The number of halogens is 1. The van der Waals surface area contributed by atoms with Gasteiger partial charge in [-0.2, -0.15) is 0 Å². The minimum absolute atomic E-state index is 0.0185. The van der Waals surface area contributed by atoms with Crippen LogP contribution in [0.4, 0.5) is 10.1 Å². The Hall–Kier alpha value is -2.51. The number of nitro groups is 1. The van der Waals surface area contributed by atoms with Crippen molar-refractivity contribution in [3.63, 3.8) is 0 Å². The van der Waals surface area contributed by atoms with Gasteiger partial charge in [-0.15, -0.1) is 0 Å². The lowest BCUT2D eigenvalue weighted by Crippen LogP contribution is -2.36. The van der Waals surface area contributed by atoms with E-state index in [2.05, 4.69) is 10.6 Å². The first-order chi connectivity index (χ1) is 9.38. The summed E-state index contributed by atoms with van der Waals surface area (Å²) in [4.78, 5) is 33.0. The maximum absolute atomic E-state index is 13.9. The predicted octanol–water partition coefficient (Wildman–Crippen LogP) is 0.661. The number of hydrogen-bond acceptors (Lipinski definition) is 4. The number of carbonyl (C=O) groups excluding carboxylic acids is 2. The van der Waals surface area contributed by atoms with Gasteiger partial charge in [-0.3, -0.25) is 19.7 Å². The van der Waals surface area contributed by atoms with E-state index in [1.165, 1.54) is 6.92 Å². The zero-order chi connectivity index (χ0) is 14.9. The Morgan fingerprint density at radius 1 is 1.55 bits per heavy atom. The van der Waals surface area contributed by atoms with Crippen LogP contribution in [-0.4, -0.2) is 29.3 Å². The van der Waals surface area contributed by atoms with Crippen molar-refractivity contribution in [3.05, 3.63) is 39.2 Å². The van der Waals surface area contributed by atoms with E-state index in [9.17, 15) is 24.1 Å². The maximum atomic E-state index is 13.9. The third kappa shape index (κ3) is 2.73. The number of nitro benzene ring substituents is 1. The van der Waals surface area contributed by atoms with Gasteiger partial charge >= 0.3 is 0 Å². The number of nitrogens with one attached hydrogen (secondary N) is 2. The van der Waals surface area contributed by atoms with Crippen molar-refractivity contribution in [2.75, 3.05) is 6.54 Å². The molecule has 0 aliphatic carbocycles. The van der Waals surface area contributed by atoms with Gasteiger partial charge in [-0.25, -0.2) is 4.39 Å². The van der Waals surface area contributed by atoms with Crippen LogP contribution >= 0.6 is 0 Å². The van der Waals surface area contributed by atoms with Gasteiger partial charge in [0, 0.05) is 25.1 Å². The number of hydrogen-bond donors (Lipinski definition) is 2. The molecule has 106 valence electrons. The fourth-order valence-corrected chi connectivity index (χ4v) is 1.99. The number of nitrogens with zero attached hydrogens (tertiary/aromatic N) is 1. The highest BCUT2D eigenvalue weighted by Gasteiger charge is 2.26. The second-order valence-corrected chi connectivity index (χ2v) is 4.56. The average molecular weight is 281 g/mol. The average Bonchev–Trinajstić information content (AvgIpc) is 2.77. The van der Waals surface area contributed by atoms with Crippen molar-refractivity contribution in [2.45, 2.75) is 19.4 Å². The molecule has 1 atom stereocenters. The van der Waals surface area contributed by atoms with Crippen LogP contribution in [0.5, 0.6) is 0 Å². The summed E-state index contributed by atoms with van der Waals surface area (Å²) >= 11 is 0. The summed E-state index contributed by atoms with van der Waals surface area (Å²) in [5.41, 5.74) is -0.726. The minimum Gasteiger partial charge on any atom is -0.354 e. The quantitative estimate of drug-likeness (QED) is 0.627. The lowest BCUT2D eigenvalue weighted by atomic mass is 10.1. The molecular weight excluding hydrogens is 269 g/mol. The van der Waals surface area contributed by atoms with Crippen molar-refractivity contribution >= 4 is 17.5 Å². The van der Waals surface area contributed by atoms with Gasteiger partial charge in [0.25, 0.3) is 11.6 Å². The largest absolute Gasteiger partial charge is 0.354 e. The number of non-ortho nitro benzene ring substituents is 1. The molecule has 1 aromatic carbocycles. The molecule has 0 spiro atoms. The van der Waals surface area contributed by atoms with E-state index >= 15 is 0 Å². The van der Waals surface area contributed by atoms with Crippen LogP contribution in [0.3, 0.4) is 0 Å². The Morgan fingerprint density at radius 2 is 2.25 bits per heavy atom. The predicted molar refractivity (Wildman–Crippen MR) is 66.7 cm³/mol. The van der Waals surface area contributed by atoms with Crippen LogP contribution in [0.15, 0.2) is 12.1 Å². The van der Waals surface area contributed by atoms with Gasteiger partial charge in [0.2, 0.25) is 5.91 Å². The summed E-state index contributed by atoms with van der Waals surface area (Å²) < 4.78 is 13.9. The molecule has 1 unspecified atom stereocenters. The number of rotatable bonds is 3. The monoisotopic (exact) mass is 281 g/mol. The molecule has 1 aliphatic rings. The molecule has 0 bridgehead atoms. The van der Waals surface area contributed by atoms with Gasteiger partial charge in [0.05, 0.1) is 16.5 Å². The van der Waals surface area contributed by atoms with Gasteiger partial charge in [-0.1, -0.05) is 0 Å². The maximum Gasteiger partial charge on any atom is 0.270 e. The molecular formula is C12H12FN3O4. The first kappa shape index (κ1) is 13.9. The molecule has 2 amide bonds. The fourth-order valence-electron chi connectivity index (χ4n) is 1.99. The van der Waals surface area contributed by atoms with Crippen molar-refractivity contribution < 1.29 is 18.9 Å². The zero-order valence-electron chi connectivity index (χ0n) is 10.6. The first-order valence-corrected chi connectivity index (χ1v) is 5.90. The summed E-state index contributed by atoms with van der Waals surface area (Å²) in [6.07, 6.45) is 0.112. The molecule has 1 saturated heterocycles. The first-order valence-electron chi connectivity index (χ1n) is 5.90. The molecule has 2 rings (SSSR count). The smallest absolute Gasteiger partial charge is 0.270 e. The van der Waals surface area contributed by atoms with Crippen LogP contribution in [0, 0.1) is 22.9 Å². The lowest BCUT2D eigenvalue weighted by molar-refractivity contribution is -0.385. The lowest BCUT2D eigenvalue weighted by Gasteiger charge is -2.11. The number of aryl methyl sites for hydroxylation is 1. The van der Waals surface area contributed by atoms with Gasteiger partial charge in [-0.05, 0) is 12.5 Å². The van der Waals surface area contributed by atoms with E-state index in [0.29, 0.717) is 0 Å². The molecule has 8 heteroatoms. The number of amides is 2. The molecule has 1 aromatic rings. The van der Waals surface area contributed by atoms with E-state index in [-0.39, 0.29) is 30.1 Å². The van der Waals surface area contributed by atoms with Crippen LogP contribution in [-0.2, 0) is 4.79 Å². The molecule has 0 saturated carbocycles. The fraction of sp³-hybridized carbons (Fsp3) is 0.333. The number of benzene rings is 1. The Kier molecular flexibility index (Phi) is 3.64. The van der Waals surface area contributed by atoms with Crippen LogP contribution in [0.2, 0.25) is 0 Å². The molecule has 7 nitrogen and oxygen atoms in total. The molecule has 2 N–H and O–H groups in total. The van der Waals surface area contributed by atoms with E-state index in [1.807, 2.05) is 0 Å². The molecule has 0 radical (unpaired) electrons. The van der Waals surface area contributed by atoms with E-state index in [0.717, 1.165) is 12.1 Å². The summed E-state index contributed by atoms with van der Waals surface area (Å²) in [6.45, 7) is 1.61.